The molecule has 0 bridgehead atoms. The highest BCUT2D eigenvalue weighted by molar-refractivity contribution is 5.93. The van der Waals surface area contributed by atoms with Crippen molar-refractivity contribution in [3.63, 3.8) is 0 Å². The van der Waals surface area contributed by atoms with Gasteiger partial charge in [-0.25, -0.2) is 9.78 Å². The van der Waals surface area contributed by atoms with Gasteiger partial charge in [0.2, 0.25) is 5.95 Å². The van der Waals surface area contributed by atoms with Gasteiger partial charge in [-0.1, -0.05) is 6.07 Å². The lowest BCUT2D eigenvalue weighted by molar-refractivity contribution is 0.256. The van der Waals surface area contributed by atoms with E-state index in [2.05, 4.69) is 35.5 Å². The normalized spacial score (nSPS) is 12.4. The average Bonchev–Trinajstić information content (AvgIpc) is 3.40. The molecule has 0 radical (unpaired) electrons. The number of nitrogens with one attached hydrogen (secondary N) is 2. The average molecular weight is 414 g/mol. The number of aromatic nitrogens is 4. The molecular formula is C21H18N8O2. The third-order valence-corrected chi connectivity index (χ3v) is 4.87. The zero-order valence-corrected chi connectivity index (χ0v) is 16.4. The molecule has 10 heteroatoms. The number of anilines is 4. The first-order valence-electron chi connectivity index (χ1n) is 9.73. The van der Waals surface area contributed by atoms with Crippen molar-refractivity contribution in [2.24, 2.45) is 9.98 Å². The maximum Gasteiger partial charge on any atom is 0.368 e. The van der Waals surface area contributed by atoms with Crippen molar-refractivity contribution in [1.82, 2.24) is 20.2 Å². The quantitative estimate of drug-likeness (QED) is 0.421. The molecule has 4 aromatic rings. The minimum absolute atomic E-state index is 0.0659. The van der Waals surface area contributed by atoms with Crippen molar-refractivity contribution in [2.45, 2.75) is 6.42 Å². The maximum absolute atomic E-state index is 11.4. The largest absolute Gasteiger partial charge is 0.396 e. The van der Waals surface area contributed by atoms with E-state index in [1.165, 1.54) is 0 Å². The van der Waals surface area contributed by atoms with Gasteiger partial charge in [0.25, 0.3) is 0 Å². The van der Waals surface area contributed by atoms with Crippen molar-refractivity contribution < 1.29 is 9.90 Å². The van der Waals surface area contributed by atoms with Crippen LogP contribution in [0.1, 0.15) is 6.42 Å². The summed E-state index contributed by atoms with van der Waals surface area (Å²) in [6, 6.07) is 12.5. The van der Waals surface area contributed by atoms with Crippen LogP contribution in [0.3, 0.4) is 0 Å². The van der Waals surface area contributed by atoms with Crippen LogP contribution in [-0.2, 0) is 0 Å². The predicted octanol–water partition coefficient (Wildman–Crippen LogP) is 1.99. The highest BCUT2D eigenvalue weighted by Gasteiger charge is 2.15. The van der Waals surface area contributed by atoms with Crippen LogP contribution in [0, 0.1) is 0 Å². The zero-order chi connectivity index (χ0) is 21.2. The fourth-order valence-corrected chi connectivity index (χ4v) is 3.48. The smallest absolute Gasteiger partial charge is 0.368 e. The van der Waals surface area contributed by atoms with E-state index in [-0.39, 0.29) is 6.61 Å². The van der Waals surface area contributed by atoms with E-state index in [0.717, 1.165) is 16.6 Å². The number of benzene rings is 2. The molecule has 1 aliphatic rings. The van der Waals surface area contributed by atoms with Crippen LogP contribution in [-0.4, -0.2) is 44.5 Å². The molecule has 3 N–H and O–H groups in total. The topological polar surface area (TPSA) is 132 Å². The lowest BCUT2D eigenvalue weighted by Gasteiger charge is -2.24. The molecule has 5 rings (SSSR count). The standard InChI is InChI=1S/C21H18N8O2/c30-10-2-9-29(18-4-1-3-15-14(18)12-23-28-15)19-7-8-22-20(27-19)24-13-5-6-16-17(11-13)26-21(31)25-16/h1,3-8,11-12,30H,2,9-10H2,(H,23,28)(H,22,24,27). The van der Waals surface area contributed by atoms with Gasteiger partial charge in [0, 0.05) is 30.4 Å². The third kappa shape index (κ3) is 3.71. The van der Waals surface area contributed by atoms with Gasteiger partial charge in [0.1, 0.15) is 5.82 Å². The number of carbonyl (C=O) groups excluding carboxylic acids is 1. The molecule has 0 unspecified atom stereocenters. The van der Waals surface area contributed by atoms with Gasteiger partial charge in [-0.05, 0) is 42.8 Å². The lowest BCUT2D eigenvalue weighted by Crippen LogP contribution is -2.22. The van der Waals surface area contributed by atoms with Gasteiger partial charge >= 0.3 is 6.03 Å². The van der Waals surface area contributed by atoms with Crippen LogP contribution in [0.15, 0.2) is 64.8 Å². The van der Waals surface area contributed by atoms with Crippen molar-refractivity contribution in [2.75, 3.05) is 23.4 Å². The molecular weight excluding hydrogens is 396 g/mol. The second-order valence-electron chi connectivity index (χ2n) is 6.91. The number of rotatable bonds is 7. The number of urea groups is 1. The number of aromatic amines is 1. The van der Waals surface area contributed by atoms with Crippen LogP contribution in [0.2, 0.25) is 0 Å². The molecule has 0 spiro atoms. The van der Waals surface area contributed by atoms with Gasteiger partial charge in [-0.3, -0.25) is 5.10 Å². The summed E-state index contributed by atoms with van der Waals surface area (Å²) >= 11 is 0. The van der Waals surface area contributed by atoms with Gasteiger partial charge < -0.3 is 15.3 Å². The summed E-state index contributed by atoms with van der Waals surface area (Å²) in [5.74, 6) is 1.07. The first-order chi connectivity index (χ1) is 15.2. The highest BCUT2D eigenvalue weighted by Crippen LogP contribution is 2.31. The second kappa shape index (κ2) is 7.92. The van der Waals surface area contributed by atoms with Crippen molar-refractivity contribution >= 4 is 40.1 Å². The number of H-pyrrole nitrogens is 1. The fourth-order valence-electron chi connectivity index (χ4n) is 3.48. The molecule has 31 heavy (non-hydrogen) atoms. The highest BCUT2D eigenvalue weighted by atomic mass is 16.3. The Bertz CT molecular complexity index is 1400. The van der Waals surface area contributed by atoms with Crippen LogP contribution < -0.4 is 20.9 Å². The summed E-state index contributed by atoms with van der Waals surface area (Å²) < 4.78 is 0. The van der Waals surface area contributed by atoms with E-state index >= 15 is 0 Å². The Morgan fingerprint density at radius 1 is 1.10 bits per heavy atom. The molecule has 2 amide bonds. The molecule has 0 fully saturated rings. The Morgan fingerprint density at radius 2 is 2.00 bits per heavy atom. The molecule has 0 aliphatic carbocycles. The number of fused-ring (bicyclic) bond motifs is 2. The summed E-state index contributed by atoms with van der Waals surface area (Å²) in [6.45, 7) is 0.634. The molecule has 154 valence electrons. The molecule has 10 nitrogen and oxygen atoms in total. The summed E-state index contributed by atoms with van der Waals surface area (Å²) in [4.78, 5) is 30.1. The Labute approximate surface area is 176 Å². The molecule has 3 heterocycles. The van der Waals surface area contributed by atoms with E-state index < -0.39 is 6.03 Å². The number of hydrogen-bond acceptors (Lipinski definition) is 7. The van der Waals surface area contributed by atoms with E-state index in [9.17, 15) is 9.90 Å². The van der Waals surface area contributed by atoms with Crippen LogP contribution >= 0.6 is 0 Å². The molecule has 0 saturated heterocycles. The van der Waals surface area contributed by atoms with Gasteiger partial charge in [0.05, 0.1) is 28.1 Å². The number of nitrogens with zero attached hydrogens (tertiary/aromatic N) is 6. The monoisotopic (exact) mass is 414 g/mol. The fraction of sp³-hybridized carbons (Fsp3) is 0.143. The number of aliphatic hydroxyl groups is 1. The van der Waals surface area contributed by atoms with Crippen LogP contribution in [0.5, 0.6) is 0 Å². The van der Waals surface area contributed by atoms with E-state index in [1.807, 2.05) is 29.2 Å². The molecule has 2 aromatic carbocycles. The maximum atomic E-state index is 11.4. The Balaban J connectivity index is 1.49. The van der Waals surface area contributed by atoms with Crippen LogP contribution in [0.4, 0.5) is 27.9 Å². The summed E-state index contributed by atoms with van der Waals surface area (Å²) in [5.41, 5.74) is 2.55. The van der Waals surface area contributed by atoms with E-state index in [4.69, 9.17) is 0 Å². The second-order valence-corrected chi connectivity index (χ2v) is 6.91. The molecule has 0 saturated carbocycles. The lowest BCUT2D eigenvalue weighted by atomic mass is 10.2. The first kappa shape index (κ1) is 18.8. The molecule has 2 aromatic heterocycles. The summed E-state index contributed by atoms with van der Waals surface area (Å²) in [6.07, 6.45) is 4.02. The van der Waals surface area contributed by atoms with E-state index in [0.29, 0.717) is 41.1 Å². The SMILES string of the molecule is O=C1N=c2ccc(Nc3nccc(N(CCCO)c4cccc5[nH]ncc45)n3)cc2=N1. The number of carbonyl (C=O) groups is 1. The third-order valence-electron chi connectivity index (χ3n) is 4.87. The Hall–Kier alpha value is -4.18. The van der Waals surface area contributed by atoms with Crippen LogP contribution in [0.25, 0.3) is 10.9 Å². The van der Waals surface area contributed by atoms with Gasteiger partial charge in [-0.15, -0.1) is 0 Å². The molecule has 1 aliphatic heterocycles. The minimum Gasteiger partial charge on any atom is -0.396 e. The summed E-state index contributed by atoms with van der Waals surface area (Å²) in [5, 5.41) is 21.7. The van der Waals surface area contributed by atoms with Gasteiger partial charge in [0.15, 0.2) is 0 Å². The number of hydrogen-bond donors (Lipinski definition) is 3. The predicted molar refractivity (Wildman–Crippen MR) is 114 cm³/mol. The van der Waals surface area contributed by atoms with Crippen molar-refractivity contribution in [3.8, 4) is 0 Å². The molecule has 0 atom stereocenters. The van der Waals surface area contributed by atoms with Gasteiger partial charge in [-0.2, -0.15) is 20.1 Å². The van der Waals surface area contributed by atoms with Crippen molar-refractivity contribution in [1.29, 1.82) is 0 Å². The minimum atomic E-state index is -0.502. The first-order valence-corrected chi connectivity index (χ1v) is 9.73. The Morgan fingerprint density at radius 3 is 2.90 bits per heavy atom. The zero-order valence-electron chi connectivity index (χ0n) is 16.4. The summed E-state index contributed by atoms with van der Waals surface area (Å²) in [7, 11) is 0. The number of aliphatic hydroxyl groups excluding tert-OH is 1. The Kier molecular flexibility index (Phi) is 4.81. The number of amides is 2. The van der Waals surface area contributed by atoms with Crippen molar-refractivity contribution in [3.05, 3.63) is 65.6 Å². The van der Waals surface area contributed by atoms with E-state index in [1.54, 1.807) is 30.6 Å².